The predicted octanol–water partition coefficient (Wildman–Crippen LogP) is 3.49. The summed E-state index contributed by atoms with van der Waals surface area (Å²) < 4.78 is 73.5. The van der Waals surface area contributed by atoms with E-state index >= 15 is 0 Å². The minimum absolute atomic E-state index is 0.217. The van der Waals surface area contributed by atoms with Gasteiger partial charge in [0.25, 0.3) is 0 Å². The number of aliphatic carboxylic acids is 1. The van der Waals surface area contributed by atoms with Gasteiger partial charge in [-0.25, -0.2) is 18.0 Å². The number of hydrogen-bond acceptors (Lipinski definition) is 3. The van der Waals surface area contributed by atoms with Crippen LogP contribution in [0.1, 0.15) is 30.1 Å². The number of carboxylic acids is 1. The molecule has 2 bridgehead atoms. The number of carboxylic acid groups (broad SMARTS) is 1. The number of nitrogens with zero attached hydrogens (tertiary/aromatic N) is 2. The van der Waals surface area contributed by atoms with Gasteiger partial charge in [0.05, 0.1) is 17.4 Å². The van der Waals surface area contributed by atoms with Gasteiger partial charge in [-0.3, -0.25) is 4.68 Å². The summed E-state index contributed by atoms with van der Waals surface area (Å²) in [5.41, 5.74) is 2.99. The van der Waals surface area contributed by atoms with Crippen molar-refractivity contribution < 1.29 is 36.2 Å². The predicted molar refractivity (Wildman–Crippen MR) is 84.8 cm³/mol. The van der Waals surface area contributed by atoms with Gasteiger partial charge in [0.2, 0.25) is 0 Å². The standard InChI is InChI=1S/C15H14F3N3.C2HF3O2/c1-21-15(7-4-10(16)13(18)11(17)5-7)9-6-8-2-3-12(19-8)14(9)20-21;3-2(4,5)1(6)7/h4-5,8,12,19H,2-3,6H2,1H3;(H,6,7)/t8-,12+;/m0./s1. The highest BCUT2D eigenvalue weighted by Gasteiger charge is 2.38. The first-order chi connectivity index (χ1) is 13.0. The minimum atomic E-state index is -5.08. The Morgan fingerprint density at radius 2 is 1.79 bits per heavy atom. The van der Waals surface area contributed by atoms with Crippen molar-refractivity contribution in [3.05, 3.63) is 40.8 Å². The van der Waals surface area contributed by atoms with Gasteiger partial charge in [0.1, 0.15) is 0 Å². The summed E-state index contributed by atoms with van der Waals surface area (Å²) in [5.74, 6) is -6.53. The van der Waals surface area contributed by atoms with Crippen LogP contribution in [0.25, 0.3) is 11.3 Å². The molecule has 4 rings (SSSR count). The van der Waals surface area contributed by atoms with Crippen LogP contribution in [0.5, 0.6) is 0 Å². The maximum atomic E-state index is 13.5. The molecule has 0 unspecified atom stereocenters. The number of rotatable bonds is 1. The van der Waals surface area contributed by atoms with Crippen LogP contribution in [0, 0.1) is 17.5 Å². The second kappa shape index (κ2) is 7.12. The molecule has 2 aliphatic rings. The summed E-state index contributed by atoms with van der Waals surface area (Å²) in [5, 5.41) is 15.1. The van der Waals surface area contributed by atoms with Crippen LogP contribution in [0.15, 0.2) is 12.1 Å². The van der Waals surface area contributed by atoms with Gasteiger partial charge in [0.15, 0.2) is 17.5 Å². The SMILES string of the molecule is Cn1nc2c(c1-c1cc(F)c(F)c(F)c1)C[C@@H]1CC[C@H]2N1.O=C(O)C(F)(F)F. The molecule has 11 heteroatoms. The molecular formula is C17H15F6N3O2. The van der Waals surface area contributed by atoms with Gasteiger partial charge in [-0.2, -0.15) is 18.3 Å². The normalized spacial score (nSPS) is 20.4. The first kappa shape index (κ1) is 20.2. The molecule has 0 saturated carbocycles. The highest BCUT2D eigenvalue weighted by atomic mass is 19.4. The fourth-order valence-corrected chi connectivity index (χ4v) is 3.57. The average molecular weight is 407 g/mol. The molecule has 1 aromatic carbocycles. The van der Waals surface area contributed by atoms with Crippen LogP contribution in [0.3, 0.4) is 0 Å². The fourth-order valence-electron chi connectivity index (χ4n) is 3.57. The minimum Gasteiger partial charge on any atom is -0.475 e. The molecule has 1 aromatic heterocycles. The summed E-state index contributed by atoms with van der Waals surface area (Å²) in [6, 6.07) is 2.69. The van der Waals surface area contributed by atoms with Crippen molar-refractivity contribution in [1.29, 1.82) is 0 Å². The summed E-state index contributed by atoms with van der Waals surface area (Å²) in [6.07, 6.45) is -2.19. The van der Waals surface area contributed by atoms with Crippen LogP contribution in [-0.4, -0.2) is 33.1 Å². The molecule has 2 N–H and O–H groups in total. The summed E-state index contributed by atoms with van der Waals surface area (Å²) in [7, 11) is 1.75. The summed E-state index contributed by atoms with van der Waals surface area (Å²) >= 11 is 0. The van der Waals surface area contributed by atoms with E-state index in [0.29, 0.717) is 17.3 Å². The smallest absolute Gasteiger partial charge is 0.475 e. The first-order valence-electron chi connectivity index (χ1n) is 8.26. The molecule has 28 heavy (non-hydrogen) atoms. The Bertz CT molecular complexity index is 901. The van der Waals surface area contributed by atoms with Crippen molar-refractivity contribution in [2.24, 2.45) is 7.05 Å². The van der Waals surface area contributed by atoms with Crippen LogP contribution in [-0.2, 0) is 18.3 Å². The third kappa shape index (κ3) is 3.71. The van der Waals surface area contributed by atoms with Gasteiger partial charge in [-0.15, -0.1) is 0 Å². The average Bonchev–Trinajstić information content (AvgIpc) is 3.14. The van der Waals surface area contributed by atoms with Gasteiger partial charge >= 0.3 is 12.1 Å². The number of fused-ring (bicyclic) bond motifs is 4. The second-order valence-corrected chi connectivity index (χ2v) is 6.59. The number of alkyl halides is 3. The van der Waals surface area contributed by atoms with Crippen LogP contribution in [0.2, 0.25) is 0 Å². The lowest BCUT2D eigenvalue weighted by Gasteiger charge is -2.21. The largest absolute Gasteiger partial charge is 0.490 e. The lowest BCUT2D eigenvalue weighted by atomic mass is 9.96. The molecule has 2 atom stereocenters. The number of aryl methyl sites for hydroxylation is 1. The van der Waals surface area contributed by atoms with E-state index < -0.39 is 29.6 Å². The monoisotopic (exact) mass is 407 g/mol. The molecule has 0 radical (unpaired) electrons. The number of aromatic nitrogens is 2. The maximum absolute atomic E-state index is 13.5. The zero-order valence-electron chi connectivity index (χ0n) is 14.4. The summed E-state index contributed by atoms with van der Waals surface area (Å²) in [6.45, 7) is 0. The molecule has 5 nitrogen and oxygen atoms in total. The van der Waals surface area contributed by atoms with Gasteiger partial charge in [-0.05, 0) is 31.4 Å². The molecule has 0 aliphatic carbocycles. The van der Waals surface area contributed by atoms with Crippen molar-refractivity contribution in [1.82, 2.24) is 15.1 Å². The van der Waals surface area contributed by atoms with Crippen molar-refractivity contribution in [3.63, 3.8) is 0 Å². The van der Waals surface area contributed by atoms with Crippen LogP contribution < -0.4 is 5.32 Å². The molecule has 0 amide bonds. The molecular weight excluding hydrogens is 392 g/mol. The van der Waals surface area contributed by atoms with Crippen molar-refractivity contribution in [2.75, 3.05) is 0 Å². The molecule has 3 heterocycles. The molecule has 2 aromatic rings. The Morgan fingerprint density at radius 3 is 2.32 bits per heavy atom. The Labute approximate surface area is 155 Å². The van der Waals surface area contributed by atoms with Gasteiger partial charge in [0, 0.05) is 24.2 Å². The number of benzene rings is 1. The van der Waals surface area contributed by atoms with E-state index in [1.54, 1.807) is 11.7 Å². The van der Waals surface area contributed by atoms with Gasteiger partial charge < -0.3 is 10.4 Å². The Balaban J connectivity index is 0.000000279. The first-order valence-corrected chi connectivity index (χ1v) is 8.26. The zero-order valence-corrected chi connectivity index (χ0v) is 14.4. The molecule has 1 fully saturated rings. The molecule has 152 valence electrons. The molecule has 1 saturated heterocycles. The third-order valence-electron chi connectivity index (χ3n) is 4.70. The zero-order chi connectivity index (χ0) is 20.8. The summed E-state index contributed by atoms with van der Waals surface area (Å²) in [4.78, 5) is 8.90. The fraction of sp³-hybridized carbons (Fsp3) is 0.412. The van der Waals surface area contributed by atoms with Crippen molar-refractivity contribution in [2.45, 2.75) is 37.5 Å². The van der Waals surface area contributed by atoms with Gasteiger partial charge in [-0.1, -0.05) is 0 Å². The van der Waals surface area contributed by atoms with E-state index in [2.05, 4.69) is 10.4 Å². The van der Waals surface area contributed by atoms with Crippen LogP contribution in [0.4, 0.5) is 26.3 Å². The number of nitrogens with one attached hydrogen (secondary N) is 1. The Morgan fingerprint density at radius 1 is 1.21 bits per heavy atom. The Hall–Kier alpha value is -2.56. The molecule has 0 spiro atoms. The quantitative estimate of drug-likeness (QED) is 0.561. The number of carbonyl (C=O) groups is 1. The second-order valence-electron chi connectivity index (χ2n) is 6.59. The van der Waals surface area contributed by atoms with Crippen molar-refractivity contribution >= 4 is 5.97 Å². The maximum Gasteiger partial charge on any atom is 0.490 e. The number of halogens is 6. The highest BCUT2D eigenvalue weighted by Crippen LogP contribution is 2.40. The Kier molecular flexibility index (Phi) is 5.13. The van der Waals surface area contributed by atoms with E-state index in [1.807, 2.05) is 0 Å². The number of hydrogen-bond donors (Lipinski definition) is 2. The topological polar surface area (TPSA) is 67.2 Å². The lowest BCUT2D eigenvalue weighted by Crippen LogP contribution is -2.31. The van der Waals surface area contributed by atoms with Crippen LogP contribution >= 0.6 is 0 Å². The van der Waals surface area contributed by atoms with E-state index in [0.717, 1.165) is 42.7 Å². The third-order valence-corrected chi connectivity index (χ3v) is 4.70. The lowest BCUT2D eigenvalue weighted by molar-refractivity contribution is -0.192. The van der Waals surface area contributed by atoms with E-state index in [4.69, 9.17) is 9.90 Å². The van der Waals surface area contributed by atoms with Crippen molar-refractivity contribution in [3.8, 4) is 11.3 Å². The van der Waals surface area contributed by atoms with E-state index in [1.165, 1.54) is 0 Å². The van der Waals surface area contributed by atoms with E-state index in [9.17, 15) is 26.3 Å². The van der Waals surface area contributed by atoms with E-state index in [-0.39, 0.29) is 6.04 Å². The molecule has 2 aliphatic heterocycles. The highest BCUT2D eigenvalue weighted by molar-refractivity contribution is 5.73.